The van der Waals surface area contributed by atoms with Crippen LogP contribution in [0.3, 0.4) is 0 Å². The van der Waals surface area contributed by atoms with Crippen molar-refractivity contribution in [3.05, 3.63) is 0 Å². The predicted octanol–water partition coefficient (Wildman–Crippen LogP) is 2.19. The zero-order valence-electron chi connectivity index (χ0n) is 18.2. The molecule has 10 heteroatoms. The Morgan fingerprint density at radius 3 is 2.55 bits per heavy atom. The van der Waals surface area contributed by atoms with Crippen LogP contribution in [0.2, 0.25) is 0 Å². The zero-order valence-corrected chi connectivity index (χ0v) is 18.2. The summed E-state index contributed by atoms with van der Waals surface area (Å²) < 4.78 is 9.90. The lowest BCUT2D eigenvalue weighted by Crippen LogP contribution is -2.65. The highest BCUT2D eigenvalue weighted by atomic mass is 16.6. The summed E-state index contributed by atoms with van der Waals surface area (Å²) >= 11 is 0. The number of carbonyl (C=O) groups is 4. The molecule has 3 rings (SSSR count). The Balaban J connectivity index is 1.76. The smallest absolute Gasteiger partial charge is 0.433 e. The van der Waals surface area contributed by atoms with E-state index in [4.69, 9.17) is 9.47 Å². The molecular weight excluding hydrogens is 406 g/mol. The number of urea groups is 1. The van der Waals surface area contributed by atoms with E-state index in [0.717, 1.165) is 25.7 Å². The summed E-state index contributed by atoms with van der Waals surface area (Å²) in [4.78, 5) is 50.3. The van der Waals surface area contributed by atoms with Gasteiger partial charge in [0.25, 0.3) is 0 Å². The Morgan fingerprint density at radius 2 is 1.97 bits per heavy atom. The van der Waals surface area contributed by atoms with Gasteiger partial charge in [0.05, 0.1) is 32.2 Å². The van der Waals surface area contributed by atoms with Gasteiger partial charge in [0.15, 0.2) is 0 Å². The number of alkyl carbamates (subject to hydrolysis) is 1. The highest BCUT2D eigenvalue weighted by Gasteiger charge is 2.55. The van der Waals surface area contributed by atoms with Gasteiger partial charge in [-0.3, -0.25) is 10.0 Å². The molecule has 3 aliphatic rings. The Morgan fingerprint density at radius 1 is 1.23 bits per heavy atom. The van der Waals surface area contributed by atoms with Crippen molar-refractivity contribution in [1.82, 2.24) is 10.4 Å². The molecule has 0 bridgehead atoms. The first-order chi connectivity index (χ1) is 14.9. The number of rotatable bonds is 7. The highest BCUT2D eigenvalue weighted by Crippen LogP contribution is 2.35. The van der Waals surface area contributed by atoms with Crippen LogP contribution in [0, 0.1) is 11.8 Å². The second kappa shape index (κ2) is 10.5. The molecule has 2 saturated heterocycles. The third-order valence-corrected chi connectivity index (χ3v) is 6.98. The summed E-state index contributed by atoms with van der Waals surface area (Å²) in [5.41, 5.74) is 0. The fourth-order valence-corrected chi connectivity index (χ4v) is 5.28. The van der Waals surface area contributed by atoms with E-state index in [1.807, 2.05) is 6.92 Å². The van der Waals surface area contributed by atoms with Crippen LogP contribution in [0.25, 0.3) is 0 Å². The number of nitrogens with one attached hydrogen (secondary N) is 1. The number of amides is 5. The Bertz CT molecular complexity index is 676. The van der Waals surface area contributed by atoms with Crippen molar-refractivity contribution in [1.29, 1.82) is 0 Å². The molecule has 2 aliphatic heterocycles. The first kappa shape index (κ1) is 23.6. The lowest BCUT2D eigenvalue weighted by molar-refractivity contribution is -0.786. The number of hydrogen-bond acceptors (Lipinski definition) is 7. The molecule has 5 amide bonds. The van der Waals surface area contributed by atoms with Crippen molar-refractivity contribution < 1.29 is 38.3 Å². The van der Waals surface area contributed by atoms with E-state index >= 15 is 0 Å². The summed E-state index contributed by atoms with van der Waals surface area (Å²) in [6.45, 7) is 2.73. The molecule has 0 spiro atoms. The summed E-state index contributed by atoms with van der Waals surface area (Å²) in [5, 5.41) is 12.5. The standard InChI is InChI=1S/C21H33N3O7/c1-15-5-4-9-24(15,20(27)22-21(28)31-18-8-10-30-13-18)19(26)17(12-23(29)14-25)11-16-6-2-3-7-16/h14-18,29H,2-13H2,1H3/p+1/t15-,17-,18-,24?/m1/s1. The quantitative estimate of drug-likeness (QED) is 0.269. The van der Waals surface area contributed by atoms with Crippen molar-refractivity contribution >= 4 is 24.4 Å². The lowest BCUT2D eigenvalue weighted by Gasteiger charge is -2.36. The summed E-state index contributed by atoms with van der Waals surface area (Å²) in [6.07, 6.45) is 5.57. The fourth-order valence-electron chi connectivity index (χ4n) is 5.28. The maximum absolute atomic E-state index is 13.8. The number of nitrogens with zero attached hydrogens (tertiary/aromatic N) is 2. The van der Waals surface area contributed by atoms with Gasteiger partial charge in [-0.1, -0.05) is 25.7 Å². The van der Waals surface area contributed by atoms with Gasteiger partial charge in [-0.05, 0) is 19.3 Å². The predicted molar refractivity (Wildman–Crippen MR) is 108 cm³/mol. The van der Waals surface area contributed by atoms with Crippen LogP contribution >= 0.6 is 0 Å². The minimum absolute atomic E-state index is 0.164. The number of imide groups is 2. The van der Waals surface area contributed by atoms with Crippen LogP contribution in [0.15, 0.2) is 0 Å². The van der Waals surface area contributed by atoms with Gasteiger partial charge in [-0.2, -0.15) is 4.48 Å². The molecule has 2 heterocycles. The highest BCUT2D eigenvalue weighted by molar-refractivity contribution is 5.93. The Labute approximate surface area is 182 Å². The van der Waals surface area contributed by atoms with Crippen LogP contribution in [0.1, 0.15) is 58.3 Å². The molecule has 1 aliphatic carbocycles. The maximum atomic E-state index is 13.8. The van der Waals surface area contributed by atoms with Gasteiger partial charge in [-0.25, -0.2) is 24.8 Å². The van der Waals surface area contributed by atoms with E-state index in [2.05, 4.69) is 5.32 Å². The van der Waals surface area contributed by atoms with E-state index in [1.165, 1.54) is 0 Å². The number of hydroxylamine groups is 2. The van der Waals surface area contributed by atoms with E-state index in [1.54, 1.807) is 0 Å². The largest absolute Gasteiger partial charge is 0.443 e. The molecule has 3 fully saturated rings. The third-order valence-electron chi connectivity index (χ3n) is 6.98. The van der Waals surface area contributed by atoms with E-state index < -0.39 is 28.6 Å². The van der Waals surface area contributed by atoms with Gasteiger partial charge in [0.1, 0.15) is 12.1 Å². The zero-order chi connectivity index (χ0) is 22.4. The van der Waals surface area contributed by atoms with Gasteiger partial charge in [0, 0.05) is 19.3 Å². The number of quaternary nitrogens is 1. The average molecular weight is 441 g/mol. The van der Waals surface area contributed by atoms with Crippen LogP contribution in [-0.4, -0.2) is 77.6 Å². The fraction of sp³-hybridized carbons (Fsp3) is 0.810. The molecule has 0 aromatic heterocycles. The topological polar surface area (TPSA) is 122 Å². The van der Waals surface area contributed by atoms with Gasteiger partial charge in [0.2, 0.25) is 6.41 Å². The molecule has 10 nitrogen and oxygen atoms in total. The SMILES string of the molecule is C[C@@H]1CCC[N+]1(C(=O)NC(=O)O[C@@H]1CCOC1)C(=O)[C@H](CC1CCCC1)CN(O)C=O. The van der Waals surface area contributed by atoms with E-state index in [9.17, 15) is 24.4 Å². The first-order valence-electron chi connectivity index (χ1n) is 11.3. The molecule has 0 radical (unpaired) electrons. The van der Waals surface area contributed by atoms with Crippen molar-refractivity contribution in [3.63, 3.8) is 0 Å². The Kier molecular flexibility index (Phi) is 8.01. The second-order valence-electron chi connectivity index (χ2n) is 9.05. The number of hydrogen-bond donors (Lipinski definition) is 2. The average Bonchev–Trinajstić information content (AvgIpc) is 3.49. The van der Waals surface area contributed by atoms with Crippen molar-refractivity contribution in [2.45, 2.75) is 70.4 Å². The van der Waals surface area contributed by atoms with Crippen molar-refractivity contribution in [2.75, 3.05) is 26.3 Å². The van der Waals surface area contributed by atoms with Crippen LogP contribution in [-0.2, 0) is 19.1 Å². The molecule has 0 aromatic carbocycles. The number of carbonyl (C=O) groups excluding carboxylic acids is 4. The second-order valence-corrected chi connectivity index (χ2v) is 9.05. The van der Waals surface area contributed by atoms with Crippen LogP contribution < -0.4 is 5.32 Å². The van der Waals surface area contributed by atoms with E-state index in [-0.39, 0.29) is 31.4 Å². The minimum atomic E-state index is -0.881. The maximum Gasteiger partial charge on any atom is 0.433 e. The van der Waals surface area contributed by atoms with Gasteiger partial charge >= 0.3 is 18.0 Å². The summed E-state index contributed by atoms with van der Waals surface area (Å²) in [5.74, 6) is -0.724. The molecule has 1 saturated carbocycles. The molecular formula is C21H34N3O7+. The molecule has 4 atom stereocenters. The van der Waals surface area contributed by atoms with Crippen molar-refractivity contribution in [3.8, 4) is 0 Å². The first-order valence-corrected chi connectivity index (χ1v) is 11.3. The van der Waals surface area contributed by atoms with Crippen LogP contribution in [0.5, 0.6) is 0 Å². The Hall–Kier alpha value is -2.04. The minimum Gasteiger partial charge on any atom is -0.443 e. The third kappa shape index (κ3) is 5.42. The molecule has 174 valence electrons. The van der Waals surface area contributed by atoms with E-state index in [0.29, 0.717) is 49.9 Å². The van der Waals surface area contributed by atoms with Crippen LogP contribution in [0.4, 0.5) is 9.59 Å². The van der Waals surface area contributed by atoms with Crippen molar-refractivity contribution in [2.24, 2.45) is 11.8 Å². The van der Waals surface area contributed by atoms with Gasteiger partial charge in [-0.15, -0.1) is 0 Å². The van der Waals surface area contributed by atoms with Gasteiger partial charge < -0.3 is 9.47 Å². The monoisotopic (exact) mass is 440 g/mol. The number of ether oxygens (including phenoxy) is 2. The molecule has 1 unspecified atom stereocenters. The normalized spacial score (nSPS) is 29.5. The molecule has 0 aromatic rings. The summed E-state index contributed by atoms with van der Waals surface area (Å²) in [6, 6.07) is -1.02. The number of likely N-dealkylation sites (tertiary alicyclic amines) is 1. The molecule has 2 N–H and O–H groups in total. The summed E-state index contributed by atoms with van der Waals surface area (Å²) in [7, 11) is 0. The molecule has 31 heavy (non-hydrogen) atoms. The lowest BCUT2D eigenvalue weighted by atomic mass is 9.91.